The average molecular weight is 612 g/mol. The van der Waals surface area contributed by atoms with Crippen LogP contribution in [0.1, 0.15) is 37.8 Å². The van der Waals surface area contributed by atoms with E-state index in [9.17, 15) is 28.0 Å². The Morgan fingerprint density at radius 2 is 1.86 bits per heavy atom. The SMILES string of the molecule is COC(=O)Nc1ccc2c(c1)NC(=O)[C@H](C)CCC[C@H](N1CC(=O)N(c3c(F)ccc(Cl)c3F)CC1=O)c1ccnc-2c1. The lowest BCUT2D eigenvalue weighted by atomic mass is 9.93. The van der Waals surface area contributed by atoms with Crippen LogP contribution in [0, 0.1) is 17.6 Å². The van der Waals surface area contributed by atoms with Gasteiger partial charge in [0.25, 0.3) is 0 Å². The molecule has 224 valence electrons. The van der Waals surface area contributed by atoms with Gasteiger partial charge in [0, 0.05) is 23.4 Å². The molecule has 10 nitrogen and oxygen atoms in total. The number of nitrogens with zero attached hydrogens (tertiary/aromatic N) is 3. The van der Waals surface area contributed by atoms with Gasteiger partial charge in [0.05, 0.1) is 29.6 Å². The molecule has 0 spiro atoms. The second-order valence-corrected chi connectivity index (χ2v) is 10.8. The molecule has 3 heterocycles. The molecule has 0 saturated carbocycles. The maximum atomic E-state index is 14.7. The van der Waals surface area contributed by atoms with Crippen molar-refractivity contribution < 1.29 is 32.7 Å². The quantitative estimate of drug-likeness (QED) is 0.376. The highest BCUT2D eigenvalue weighted by Crippen LogP contribution is 2.37. The average Bonchev–Trinajstić information content (AvgIpc) is 2.98. The highest BCUT2D eigenvalue weighted by molar-refractivity contribution is 6.31. The summed E-state index contributed by atoms with van der Waals surface area (Å²) in [5.74, 6) is -3.92. The molecule has 0 radical (unpaired) electrons. The van der Waals surface area contributed by atoms with Gasteiger partial charge in [-0.05, 0) is 60.9 Å². The van der Waals surface area contributed by atoms with E-state index < -0.39 is 60.3 Å². The molecule has 43 heavy (non-hydrogen) atoms. The van der Waals surface area contributed by atoms with E-state index in [2.05, 4.69) is 20.4 Å². The number of halogens is 3. The van der Waals surface area contributed by atoms with Crippen molar-refractivity contribution >= 4 is 52.5 Å². The molecule has 2 N–H and O–H groups in total. The third-order valence-electron chi connectivity index (χ3n) is 7.60. The van der Waals surface area contributed by atoms with Gasteiger partial charge in [0.1, 0.15) is 24.6 Å². The zero-order valence-corrected chi connectivity index (χ0v) is 24.1. The van der Waals surface area contributed by atoms with Gasteiger partial charge in [-0.3, -0.25) is 29.6 Å². The first-order chi connectivity index (χ1) is 20.6. The number of methoxy groups -OCH3 is 1. The van der Waals surface area contributed by atoms with Gasteiger partial charge in [-0.1, -0.05) is 24.9 Å². The fourth-order valence-corrected chi connectivity index (χ4v) is 5.46. The van der Waals surface area contributed by atoms with Crippen molar-refractivity contribution in [2.45, 2.75) is 32.2 Å². The van der Waals surface area contributed by atoms with Gasteiger partial charge in [0.15, 0.2) is 5.82 Å². The lowest BCUT2D eigenvalue weighted by molar-refractivity contribution is -0.141. The van der Waals surface area contributed by atoms with E-state index in [-0.39, 0.29) is 10.9 Å². The molecule has 2 aliphatic heterocycles. The molecular formula is C30H28ClF2N5O5. The van der Waals surface area contributed by atoms with Crippen molar-refractivity contribution in [3.05, 3.63) is 70.9 Å². The van der Waals surface area contributed by atoms with Crippen LogP contribution in [0.2, 0.25) is 5.02 Å². The first-order valence-corrected chi connectivity index (χ1v) is 13.9. The molecule has 1 fully saturated rings. The number of nitrogens with one attached hydrogen (secondary N) is 2. The summed E-state index contributed by atoms with van der Waals surface area (Å²) in [6.45, 7) is 0.798. The number of carbonyl (C=O) groups is 4. The summed E-state index contributed by atoms with van der Waals surface area (Å²) in [7, 11) is 1.24. The van der Waals surface area contributed by atoms with Crippen LogP contribution in [-0.2, 0) is 19.1 Å². The van der Waals surface area contributed by atoms with E-state index >= 15 is 0 Å². The first kappa shape index (κ1) is 29.9. The Labute approximate surface area is 251 Å². The minimum absolute atomic E-state index is 0.241. The first-order valence-electron chi connectivity index (χ1n) is 13.6. The molecule has 0 unspecified atom stereocenters. The van der Waals surface area contributed by atoms with Crippen LogP contribution in [0.4, 0.5) is 30.6 Å². The van der Waals surface area contributed by atoms with E-state index in [1.165, 1.54) is 12.0 Å². The Balaban J connectivity index is 1.51. The van der Waals surface area contributed by atoms with Crippen LogP contribution >= 0.6 is 11.6 Å². The van der Waals surface area contributed by atoms with E-state index in [4.69, 9.17) is 11.6 Å². The highest BCUT2D eigenvalue weighted by Gasteiger charge is 2.38. The fraction of sp³-hybridized carbons (Fsp3) is 0.300. The monoisotopic (exact) mass is 611 g/mol. The zero-order valence-electron chi connectivity index (χ0n) is 23.3. The predicted octanol–water partition coefficient (Wildman–Crippen LogP) is 5.53. The lowest BCUT2D eigenvalue weighted by Gasteiger charge is -2.39. The van der Waals surface area contributed by atoms with Crippen molar-refractivity contribution in [1.29, 1.82) is 0 Å². The smallest absolute Gasteiger partial charge is 0.411 e. The minimum atomic E-state index is -1.11. The Morgan fingerprint density at radius 1 is 1.07 bits per heavy atom. The van der Waals surface area contributed by atoms with Crippen molar-refractivity contribution in [2.75, 3.05) is 35.7 Å². The Hall–Kier alpha value is -4.58. The number of carbonyl (C=O) groups excluding carboxylic acids is 4. The normalized spacial score (nSPS) is 19.1. The molecule has 13 heteroatoms. The van der Waals surface area contributed by atoms with Crippen LogP contribution < -0.4 is 15.5 Å². The van der Waals surface area contributed by atoms with Crippen molar-refractivity contribution in [3.63, 3.8) is 0 Å². The van der Waals surface area contributed by atoms with Crippen LogP contribution in [-0.4, -0.2) is 53.9 Å². The number of rotatable bonds is 3. The van der Waals surface area contributed by atoms with Gasteiger partial charge >= 0.3 is 6.09 Å². The molecule has 2 aromatic carbocycles. The number of hydrogen-bond donors (Lipinski definition) is 2. The number of fused-ring (bicyclic) bond motifs is 4. The summed E-state index contributed by atoms with van der Waals surface area (Å²) in [6, 6.07) is 9.86. The van der Waals surface area contributed by atoms with E-state index in [1.807, 2.05) is 0 Å². The number of aromatic nitrogens is 1. The summed E-state index contributed by atoms with van der Waals surface area (Å²) < 4.78 is 34.0. The van der Waals surface area contributed by atoms with Gasteiger partial charge in [-0.25, -0.2) is 13.6 Å². The molecule has 1 aromatic heterocycles. The third-order valence-corrected chi connectivity index (χ3v) is 7.89. The van der Waals surface area contributed by atoms with Crippen LogP contribution in [0.25, 0.3) is 11.3 Å². The molecular weight excluding hydrogens is 584 g/mol. The maximum absolute atomic E-state index is 14.7. The van der Waals surface area contributed by atoms with Gasteiger partial charge in [-0.15, -0.1) is 0 Å². The van der Waals surface area contributed by atoms with Crippen molar-refractivity contribution in [1.82, 2.24) is 9.88 Å². The van der Waals surface area contributed by atoms with Crippen LogP contribution in [0.3, 0.4) is 0 Å². The second-order valence-electron chi connectivity index (χ2n) is 10.4. The summed E-state index contributed by atoms with van der Waals surface area (Å²) >= 11 is 5.83. The number of benzene rings is 2. The number of anilines is 3. The number of hydrogen-bond acceptors (Lipinski definition) is 6. The molecule has 2 atom stereocenters. The number of amides is 4. The van der Waals surface area contributed by atoms with Gasteiger partial charge in [-0.2, -0.15) is 0 Å². The van der Waals surface area contributed by atoms with Crippen molar-refractivity contribution in [3.8, 4) is 11.3 Å². The van der Waals surface area contributed by atoms with Crippen LogP contribution in [0.15, 0.2) is 48.7 Å². The third kappa shape index (κ3) is 6.14. The fourth-order valence-electron chi connectivity index (χ4n) is 5.31. The van der Waals surface area contributed by atoms with E-state index in [0.29, 0.717) is 47.5 Å². The molecule has 5 rings (SSSR count). The summed E-state index contributed by atoms with van der Waals surface area (Å²) in [6.07, 6.45) is 2.34. The second kappa shape index (κ2) is 12.3. The molecule has 1 saturated heterocycles. The summed E-state index contributed by atoms with van der Waals surface area (Å²) in [5, 5.41) is 5.14. The highest BCUT2D eigenvalue weighted by atomic mass is 35.5. The van der Waals surface area contributed by atoms with E-state index in [0.717, 1.165) is 17.0 Å². The van der Waals surface area contributed by atoms with Gasteiger partial charge < -0.3 is 15.0 Å². The van der Waals surface area contributed by atoms with Crippen molar-refractivity contribution in [2.24, 2.45) is 5.92 Å². The summed E-state index contributed by atoms with van der Waals surface area (Å²) in [4.78, 5) is 58.3. The van der Waals surface area contributed by atoms with Gasteiger partial charge in [0.2, 0.25) is 17.7 Å². The Bertz CT molecular complexity index is 1620. The topological polar surface area (TPSA) is 121 Å². The predicted molar refractivity (Wildman–Crippen MR) is 156 cm³/mol. The molecule has 2 aliphatic rings. The Kier molecular flexibility index (Phi) is 8.58. The Morgan fingerprint density at radius 3 is 2.63 bits per heavy atom. The molecule has 3 aromatic rings. The number of piperazine rings is 1. The maximum Gasteiger partial charge on any atom is 0.411 e. The lowest BCUT2D eigenvalue weighted by Crippen LogP contribution is -2.55. The minimum Gasteiger partial charge on any atom is -0.453 e. The molecule has 0 aliphatic carbocycles. The standard InChI is InChI=1S/C30H28ClF2N5O5/c1-16-4-3-5-24(37-14-26(40)38(15-25(37)39)28-21(32)9-8-20(31)27(28)33)17-10-11-34-22(12-17)19-7-6-18(35-30(42)43-2)13-23(19)36-29(16)41/h6-13,16,24H,3-5,14-15H2,1-2H3,(H,35,42)(H,36,41)/t16-,24+/m1/s1. The molecule has 4 amide bonds. The van der Waals surface area contributed by atoms with E-state index in [1.54, 1.807) is 43.5 Å². The zero-order chi connectivity index (χ0) is 30.8. The largest absolute Gasteiger partial charge is 0.453 e. The van der Waals surface area contributed by atoms with Crippen LogP contribution in [0.5, 0.6) is 0 Å². The number of pyridine rings is 1. The molecule has 2 bridgehead atoms. The number of ether oxygens (including phenoxy) is 1. The summed E-state index contributed by atoms with van der Waals surface area (Å²) in [5.41, 5.74) is 1.90.